The Morgan fingerprint density at radius 1 is 1.44 bits per heavy atom. The van der Waals surface area contributed by atoms with Gasteiger partial charge in [0.15, 0.2) is 0 Å². The minimum Gasteiger partial charge on any atom is -0.466 e. The van der Waals surface area contributed by atoms with E-state index in [9.17, 15) is 4.79 Å². The minimum atomic E-state index is -0.260. The van der Waals surface area contributed by atoms with Crippen molar-refractivity contribution in [1.29, 1.82) is 0 Å². The maximum absolute atomic E-state index is 11.4. The van der Waals surface area contributed by atoms with Crippen LogP contribution in [0.1, 0.15) is 18.9 Å². The highest BCUT2D eigenvalue weighted by atomic mass is 79.9. The lowest BCUT2D eigenvalue weighted by Gasteiger charge is -2.07. The van der Waals surface area contributed by atoms with Crippen molar-refractivity contribution < 1.29 is 9.53 Å². The number of esters is 1. The van der Waals surface area contributed by atoms with E-state index in [1.54, 1.807) is 0 Å². The Morgan fingerprint density at radius 3 is 2.72 bits per heavy atom. The van der Waals surface area contributed by atoms with Crippen LogP contribution in [0.15, 0.2) is 34.3 Å². The molecule has 0 unspecified atom stereocenters. The fraction of sp³-hybridized carbons (Fsp3) is 0.357. The second-order valence-corrected chi connectivity index (χ2v) is 4.89. The summed E-state index contributed by atoms with van der Waals surface area (Å²) in [5.41, 5.74) is 2.90. The quantitative estimate of drug-likeness (QED) is 0.666. The summed E-state index contributed by atoms with van der Waals surface area (Å²) in [5, 5.41) is 3.26. The fourth-order valence-corrected chi connectivity index (χ4v) is 2.24. The summed E-state index contributed by atoms with van der Waals surface area (Å²) in [7, 11) is 1.40. The minimum absolute atomic E-state index is 0.260. The van der Waals surface area contributed by atoms with E-state index in [2.05, 4.69) is 27.3 Å². The van der Waals surface area contributed by atoms with E-state index in [4.69, 9.17) is 4.74 Å². The lowest BCUT2D eigenvalue weighted by atomic mass is 10.2. The monoisotopic (exact) mass is 311 g/mol. The van der Waals surface area contributed by atoms with Gasteiger partial charge in [-0.2, -0.15) is 0 Å². The van der Waals surface area contributed by atoms with E-state index in [1.165, 1.54) is 12.7 Å². The lowest BCUT2D eigenvalue weighted by molar-refractivity contribution is -0.136. The van der Waals surface area contributed by atoms with Crippen molar-refractivity contribution in [3.8, 4) is 0 Å². The van der Waals surface area contributed by atoms with Crippen LogP contribution in [0, 0.1) is 6.92 Å². The third kappa shape index (κ3) is 4.53. The second-order valence-electron chi connectivity index (χ2n) is 3.97. The van der Waals surface area contributed by atoms with Crippen molar-refractivity contribution in [3.63, 3.8) is 0 Å². The van der Waals surface area contributed by atoms with Gasteiger partial charge >= 0.3 is 5.97 Å². The molecule has 3 nitrogen and oxygen atoms in total. The van der Waals surface area contributed by atoms with Crippen LogP contribution in [-0.4, -0.2) is 19.6 Å². The van der Waals surface area contributed by atoms with E-state index >= 15 is 0 Å². The molecule has 0 aromatic heterocycles. The SMILES string of the molecule is CC/C(=C/CNc1cc(C)cc(Br)c1)C(=O)OC. The first-order valence-corrected chi connectivity index (χ1v) is 6.64. The number of aryl methyl sites for hydroxylation is 1. The summed E-state index contributed by atoms with van der Waals surface area (Å²) in [6.07, 6.45) is 2.54. The smallest absolute Gasteiger partial charge is 0.333 e. The van der Waals surface area contributed by atoms with Gasteiger partial charge in [-0.15, -0.1) is 0 Å². The average Bonchev–Trinajstić information content (AvgIpc) is 2.32. The highest BCUT2D eigenvalue weighted by Crippen LogP contribution is 2.18. The van der Waals surface area contributed by atoms with Gasteiger partial charge in [0.25, 0.3) is 0 Å². The Labute approximate surface area is 116 Å². The van der Waals surface area contributed by atoms with Crippen molar-refractivity contribution in [2.75, 3.05) is 19.0 Å². The summed E-state index contributed by atoms with van der Waals surface area (Å²) in [5.74, 6) is -0.260. The van der Waals surface area contributed by atoms with E-state index in [-0.39, 0.29) is 5.97 Å². The molecule has 0 fully saturated rings. The van der Waals surface area contributed by atoms with Crippen LogP contribution < -0.4 is 5.32 Å². The number of methoxy groups -OCH3 is 1. The van der Waals surface area contributed by atoms with Gasteiger partial charge in [0.2, 0.25) is 0 Å². The molecule has 4 heteroatoms. The molecule has 0 bridgehead atoms. The standard InChI is InChI=1S/C14H18BrNO2/c1-4-11(14(17)18-3)5-6-16-13-8-10(2)7-12(15)9-13/h5,7-9,16H,4,6H2,1-3H3/b11-5-. The molecular formula is C14H18BrNO2. The maximum atomic E-state index is 11.4. The largest absolute Gasteiger partial charge is 0.466 e. The zero-order valence-electron chi connectivity index (χ0n) is 10.9. The van der Waals surface area contributed by atoms with Gasteiger partial charge in [-0.25, -0.2) is 4.79 Å². The molecule has 0 saturated heterocycles. The fourth-order valence-electron chi connectivity index (χ4n) is 1.63. The number of hydrogen-bond acceptors (Lipinski definition) is 3. The van der Waals surface area contributed by atoms with E-state index < -0.39 is 0 Å². The number of carbonyl (C=O) groups is 1. The van der Waals surface area contributed by atoms with Crippen molar-refractivity contribution in [2.45, 2.75) is 20.3 Å². The number of benzene rings is 1. The van der Waals surface area contributed by atoms with Crippen LogP contribution in [0.4, 0.5) is 5.69 Å². The molecular weight excluding hydrogens is 294 g/mol. The Balaban J connectivity index is 2.64. The zero-order valence-corrected chi connectivity index (χ0v) is 12.5. The van der Waals surface area contributed by atoms with Crippen LogP contribution in [-0.2, 0) is 9.53 Å². The highest BCUT2D eigenvalue weighted by molar-refractivity contribution is 9.10. The number of ether oxygens (including phenoxy) is 1. The van der Waals surface area contributed by atoms with Crippen molar-refractivity contribution in [1.82, 2.24) is 0 Å². The second kappa shape index (κ2) is 7.21. The molecule has 0 aliphatic carbocycles. The van der Waals surface area contributed by atoms with Crippen LogP contribution in [0.2, 0.25) is 0 Å². The van der Waals surface area contributed by atoms with Gasteiger partial charge in [-0.3, -0.25) is 0 Å². The number of carbonyl (C=O) groups excluding carboxylic acids is 1. The van der Waals surface area contributed by atoms with Crippen LogP contribution in [0.5, 0.6) is 0 Å². The topological polar surface area (TPSA) is 38.3 Å². The Bertz CT molecular complexity index is 435. The molecule has 0 amide bonds. The molecule has 18 heavy (non-hydrogen) atoms. The van der Waals surface area contributed by atoms with Gasteiger partial charge in [-0.1, -0.05) is 28.9 Å². The van der Waals surface area contributed by atoms with E-state index in [0.29, 0.717) is 18.5 Å². The zero-order chi connectivity index (χ0) is 13.5. The van der Waals surface area contributed by atoms with Gasteiger partial charge in [0.05, 0.1) is 7.11 Å². The predicted octanol–water partition coefficient (Wildman–Crippen LogP) is 3.68. The molecule has 0 heterocycles. The van der Waals surface area contributed by atoms with E-state index in [1.807, 2.05) is 32.1 Å². The first kappa shape index (κ1) is 14.8. The van der Waals surface area contributed by atoms with E-state index in [0.717, 1.165) is 10.2 Å². The number of halogens is 1. The van der Waals surface area contributed by atoms with Gasteiger partial charge < -0.3 is 10.1 Å². The third-order valence-corrected chi connectivity index (χ3v) is 2.98. The van der Waals surface area contributed by atoms with Crippen LogP contribution in [0.3, 0.4) is 0 Å². The van der Waals surface area contributed by atoms with Gasteiger partial charge in [0.1, 0.15) is 0 Å². The highest BCUT2D eigenvalue weighted by Gasteiger charge is 2.05. The average molecular weight is 312 g/mol. The van der Waals surface area contributed by atoms with Gasteiger partial charge in [0, 0.05) is 22.3 Å². The van der Waals surface area contributed by atoms with Gasteiger partial charge in [-0.05, 0) is 37.1 Å². The summed E-state index contributed by atoms with van der Waals surface area (Å²) >= 11 is 3.45. The molecule has 0 radical (unpaired) electrons. The Morgan fingerprint density at radius 2 is 2.17 bits per heavy atom. The molecule has 0 spiro atoms. The van der Waals surface area contributed by atoms with Crippen molar-refractivity contribution in [3.05, 3.63) is 39.9 Å². The first-order valence-electron chi connectivity index (χ1n) is 5.85. The van der Waals surface area contributed by atoms with Crippen molar-refractivity contribution in [2.24, 2.45) is 0 Å². The predicted molar refractivity (Wildman–Crippen MR) is 77.8 cm³/mol. The lowest BCUT2D eigenvalue weighted by Crippen LogP contribution is -2.07. The molecule has 0 aliphatic rings. The van der Waals surface area contributed by atoms with Crippen LogP contribution in [0.25, 0.3) is 0 Å². The normalized spacial score (nSPS) is 11.2. The number of anilines is 1. The van der Waals surface area contributed by atoms with Crippen LogP contribution >= 0.6 is 15.9 Å². The molecule has 1 rings (SSSR count). The summed E-state index contributed by atoms with van der Waals surface area (Å²) < 4.78 is 5.74. The molecule has 0 aliphatic heterocycles. The molecule has 0 atom stereocenters. The molecule has 1 aromatic rings. The summed E-state index contributed by atoms with van der Waals surface area (Å²) in [6.45, 7) is 4.58. The third-order valence-electron chi connectivity index (χ3n) is 2.53. The Hall–Kier alpha value is -1.29. The number of rotatable bonds is 5. The molecule has 1 N–H and O–H groups in total. The molecule has 98 valence electrons. The van der Waals surface area contributed by atoms with Crippen molar-refractivity contribution >= 4 is 27.6 Å². The summed E-state index contributed by atoms with van der Waals surface area (Å²) in [4.78, 5) is 11.4. The number of nitrogens with one attached hydrogen (secondary N) is 1. The first-order chi connectivity index (χ1) is 8.56. The molecule has 1 aromatic carbocycles. The summed E-state index contributed by atoms with van der Waals surface area (Å²) in [6, 6.07) is 6.11. The maximum Gasteiger partial charge on any atom is 0.333 e. The Kier molecular flexibility index (Phi) is 5.92. The molecule has 0 saturated carbocycles. The number of hydrogen-bond donors (Lipinski definition) is 1.